The van der Waals surface area contributed by atoms with Crippen molar-refractivity contribution in [3.63, 3.8) is 0 Å². The summed E-state index contributed by atoms with van der Waals surface area (Å²) < 4.78 is 0. The van der Waals surface area contributed by atoms with E-state index < -0.39 is 5.97 Å². The van der Waals surface area contributed by atoms with Crippen LogP contribution in [-0.2, 0) is 4.79 Å². The summed E-state index contributed by atoms with van der Waals surface area (Å²) in [5, 5.41) is 9.64. The van der Waals surface area contributed by atoms with Gasteiger partial charge in [0.15, 0.2) is 5.17 Å². The summed E-state index contributed by atoms with van der Waals surface area (Å²) in [6.07, 6.45) is 1.77. The molecule has 0 aliphatic carbocycles. The fourth-order valence-electron chi connectivity index (χ4n) is 2.13. The zero-order valence-corrected chi connectivity index (χ0v) is 14.4. The second-order valence-electron chi connectivity index (χ2n) is 5.81. The Morgan fingerprint density at radius 3 is 2.30 bits per heavy atom. The van der Waals surface area contributed by atoms with Crippen LogP contribution in [0.1, 0.15) is 43.6 Å². The summed E-state index contributed by atoms with van der Waals surface area (Å²) >= 11 is 1.36. The van der Waals surface area contributed by atoms with E-state index in [-0.39, 0.29) is 23.6 Å². The molecule has 1 aliphatic heterocycles. The Morgan fingerprint density at radius 1 is 1.22 bits per heavy atom. The fourth-order valence-corrected chi connectivity index (χ4v) is 3.36. The number of thioether (sulfide) groups is 1. The third kappa shape index (κ3) is 4.01. The molecule has 122 valence electrons. The molecule has 0 saturated carbocycles. The zero-order chi connectivity index (χ0) is 17.1. The average molecular weight is 332 g/mol. The summed E-state index contributed by atoms with van der Waals surface area (Å²) in [6.45, 7) is 7.86. The van der Waals surface area contributed by atoms with E-state index in [4.69, 9.17) is 5.11 Å². The first kappa shape index (κ1) is 17.3. The molecule has 0 bridgehead atoms. The van der Waals surface area contributed by atoms with Gasteiger partial charge in [-0.2, -0.15) is 0 Å². The summed E-state index contributed by atoms with van der Waals surface area (Å²) in [7, 11) is 0. The maximum absolute atomic E-state index is 12.6. The number of carbonyl (C=O) groups is 2. The van der Waals surface area contributed by atoms with Crippen LogP contribution in [0.2, 0.25) is 0 Å². The predicted octanol–water partition coefficient (Wildman–Crippen LogP) is 3.47. The van der Waals surface area contributed by atoms with Crippen molar-refractivity contribution in [1.29, 1.82) is 0 Å². The molecular weight excluding hydrogens is 312 g/mol. The lowest BCUT2D eigenvalue weighted by Gasteiger charge is -2.20. The average Bonchev–Trinajstić information content (AvgIpc) is 2.74. The summed E-state index contributed by atoms with van der Waals surface area (Å²) in [5.41, 5.74) is 1.02. The number of carboxylic acids is 1. The molecule has 1 heterocycles. The molecule has 1 aliphatic rings. The molecule has 23 heavy (non-hydrogen) atoms. The van der Waals surface area contributed by atoms with Crippen LogP contribution in [0.4, 0.5) is 0 Å². The van der Waals surface area contributed by atoms with Crippen LogP contribution in [0.3, 0.4) is 0 Å². The highest BCUT2D eigenvalue weighted by molar-refractivity contribution is 8.18. The Bertz CT molecular complexity index is 676. The quantitative estimate of drug-likeness (QED) is 0.857. The molecule has 0 atom stereocenters. The van der Waals surface area contributed by atoms with Crippen molar-refractivity contribution in [2.24, 2.45) is 4.99 Å². The highest BCUT2D eigenvalue weighted by atomic mass is 32.2. The first-order valence-corrected chi connectivity index (χ1v) is 8.25. The van der Waals surface area contributed by atoms with Crippen LogP contribution in [0.5, 0.6) is 0 Å². The number of carbonyl (C=O) groups excluding carboxylic acids is 1. The minimum absolute atomic E-state index is 0.0350. The normalized spacial score (nSPS) is 18.7. The number of aliphatic imine (C=N–C) groups is 1. The van der Waals surface area contributed by atoms with E-state index in [0.717, 1.165) is 5.56 Å². The number of amidine groups is 1. The predicted molar refractivity (Wildman–Crippen MR) is 93.5 cm³/mol. The van der Waals surface area contributed by atoms with Crippen LogP contribution >= 0.6 is 11.8 Å². The summed E-state index contributed by atoms with van der Waals surface area (Å²) in [6, 6.07) is 6.60. The Labute approximate surface area is 140 Å². The van der Waals surface area contributed by atoms with Gasteiger partial charge in [-0.1, -0.05) is 12.1 Å². The molecule has 1 saturated heterocycles. The lowest BCUT2D eigenvalue weighted by atomic mass is 10.1. The standard InChI is InChI=1S/C17H20N2O3S/c1-10(2)18-17-19(11(3)4)15(20)14(23-17)9-12-5-7-13(8-6-12)16(21)22/h5-11H,1-4H3,(H,21,22)/b14-9-,18-17?. The van der Waals surface area contributed by atoms with Gasteiger partial charge in [-0.25, -0.2) is 4.79 Å². The number of rotatable bonds is 4. The molecule has 0 unspecified atom stereocenters. The first-order valence-electron chi connectivity index (χ1n) is 7.44. The minimum atomic E-state index is -0.965. The molecule has 1 N–H and O–H groups in total. The van der Waals surface area contributed by atoms with E-state index in [1.54, 1.807) is 23.1 Å². The van der Waals surface area contributed by atoms with Gasteiger partial charge in [0.1, 0.15) is 0 Å². The number of nitrogens with zero attached hydrogens (tertiary/aromatic N) is 2. The van der Waals surface area contributed by atoms with Gasteiger partial charge >= 0.3 is 5.97 Å². The van der Waals surface area contributed by atoms with E-state index in [0.29, 0.717) is 10.1 Å². The molecule has 2 rings (SSSR count). The van der Waals surface area contributed by atoms with Crippen molar-refractivity contribution in [2.75, 3.05) is 0 Å². The maximum atomic E-state index is 12.6. The number of carboxylic acid groups (broad SMARTS) is 1. The highest BCUT2D eigenvalue weighted by Crippen LogP contribution is 2.34. The molecule has 0 radical (unpaired) electrons. The van der Waals surface area contributed by atoms with Gasteiger partial charge in [0.25, 0.3) is 5.91 Å². The maximum Gasteiger partial charge on any atom is 0.335 e. The number of aromatic carboxylic acids is 1. The third-order valence-electron chi connectivity index (χ3n) is 3.18. The number of hydrogen-bond acceptors (Lipinski definition) is 4. The molecular formula is C17H20N2O3S. The van der Waals surface area contributed by atoms with Gasteiger partial charge in [0.2, 0.25) is 0 Å². The van der Waals surface area contributed by atoms with Gasteiger partial charge in [0, 0.05) is 12.1 Å². The SMILES string of the molecule is CC(C)N=C1S/C(=C\c2ccc(C(=O)O)cc2)C(=O)N1C(C)C. The second kappa shape index (κ2) is 7.00. The molecule has 1 aromatic carbocycles. The first-order chi connectivity index (χ1) is 10.8. The van der Waals surface area contributed by atoms with Crippen LogP contribution in [0, 0.1) is 0 Å². The highest BCUT2D eigenvalue weighted by Gasteiger charge is 2.35. The molecule has 6 heteroatoms. The van der Waals surface area contributed by atoms with E-state index in [9.17, 15) is 9.59 Å². The topological polar surface area (TPSA) is 70.0 Å². The van der Waals surface area contributed by atoms with Crippen molar-refractivity contribution in [3.8, 4) is 0 Å². The second-order valence-corrected chi connectivity index (χ2v) is 6.82. The molecule has 5 nitrogen and oxygen atoms in total. The number of amides is 1. The number of benzene rings is 1. The van der Waals surface area contributed by atoms with E-state index in [1.165, 1.54) is 23.9 Å². The monoisotopic (exact) mass is 332 g/mol. The minimum Gasteiger partial charge on any atom is -0.478 e. The van der Waals surface area contributed by atoms with Crippen molar-refractivity contribution in [2.45, 2.75) is 39.8 Å². The van der Waals surface area contributed by atoms with Gasteiger partial charge < -0.3 is 5.11 Å². The summed E-state index contributed by atoms with van der Waals surface area (Å²) in [4.78, 5) is 30.3. The lowest BCUT2D eigenvalue weighted by Crippen LogP contribution is -2.35. The molecule has 1 aromatic rings. The largest absolute Gasteiger partial charge is 0.478 e. The van der Waals surface area contributed by atoms with Crippen LogP contribution in [-0.4, -0.2) is 39.1 Å². The Balaban J connectivity index is 2.32. The third-order valence-corrected chi connectivity index (χ3v) is 4.17. The number of hydrogen-bond donors (Lipinski definition) is 1. The van der Waals surface area contributed by atoms with Crippen LogP contribution in [0.15, 0.2) is 34.2 Å². The van der Waals surface area contributed by atoms with Crippen LogP contribution < -0.4 is 0 Å². The van der Waals surface area contributed by atoms with Gasteiger partial charge in [-0.3, -0.25) is 14.7 Å². The van der Waals surface area contributed by atoms with Gasteiger partial charge in [-0.05, 0) is 63.2 Å². The summed E-state index contributed by atoms with van der Waals surface area (Å²) in [5.74, 6) is -1.03. The van der Waals surface area contributed by atoms with Crippen molar-refractivity contribution in [1.82, 2.24) is 4.90 Å². The van der Waals surface area contributed by atoms with E-state index in [1.807, 2.05) is 27.7 Å². The Kier molecular flexibility index (Phi) is 5.26. The van der Waals surface area contributed by atoms with Crippen molar-refractivity contribution >= 4 is 34.9 Å². The molecule has 1 amide bonds. The Hall–Kier alpha value is -2.08. The zero-order valence-electron chi connectivity index (χ0n) is 13.6. The van der Waals surface area contributed by atoms with Crippen molar-refractivity contribution < 1.29 is 14.7 Å². The van der Waals surface area contributed by atoms with Crippen LogP contribution in [0.25, 0.3) is 6.08 Å². The van der Waals surface area contributed by atoms with Gasteiger partial charge in [0.05, 0.1) is 10.5 Å². The Morgan fingerprint density at radius 2 is 1.83 bits per heavy atom. The molecule has 0 aromatic heterocycles. The lowest BCUT2D eigenvalue weighted by molar-refractivity contribution is -0.123. The molecule has 0 spiro atoms. The fraction of sp³-hybridized carbons (Fsp3) is 0.353. The smallest absolute Gasteiger partial charge is 0.335 e. The van der Waals surface area contributed by atoms with Crippen molar-refractivity contribution in [3.05, 3.63) is 40.3 Å². The van der Waals surface area contributed by atoms with E-state index >= 15 is 0 Å². The molecule has 1 fully saturated rings. The van der Waals surface area contributed by atoms with E-state index in [2.05, 4.69) is 4.99 Å². The van der Waals surface area contributed by atoms with Gasteiger partial charge in [-0.15, -0.1) is 0 Å².